The van der Waals surface area contributed by atoms with Crippen molar-refractivity contribution in [1.29, 1.82) is 0 Å². The second-order valence-electron chi connectivity index (χ2n) is 4.96. The number of carbonyl (C=O) groups is 3. The topological polar surface area (TPSA) is 109 Å². The minimum Gasteiger partial charge on any atom is -0.383 e. The van der Waals surface area contributed by atoms with Gasteiger partial charge in [0.1, 0.15) is 0 Å². The van der Waals surface area contributed by atoms with Crippen molar-refractivity contribution < 1.29 is 19.1 Å². The number of benzene rings is 1. The Morgan fingerprint density at radius 3 is 2.50 bits per heavy atom. The second kappa shape index (κ2) is 10.0. The first kappa shape index (κ1) is 19.2. The first-order chi connectivity index (χ1) is 11.4. The molecule has 8 heteroatoms. The fourth-order valence-corrected chi connectivity index (χ4v) is 1.67. The van der Waals surface area contributed by atoms with Crippen molar-refractivity contribution in [3.8, 4) is 0 Å². The molecular formula is C16H22N4O4. The highest BCUT2D eigenvalue weighted by atomic mass is 16.5. The number of hydrogen-bond donors (Lipinski definition) is 4. The third-order valence-corrected chi connectivity index (χ3v) is 2.92. The summed E-state index contributed by atoms with van der Waals surface area (Å²) in [6.45, 7) is 4.01. The van der Waals surface area contributed by atoms with Crippen LogP contribution in [0.5, 0.6) is 0 Å². The van der Waals surface area contributed by atoms with Gasteiger partial charge in [-0.25, -0.2) is 0 Å². The van der Waals surface area contributed by atoms with Crippen LogP contribution in [0.15, 0.2) is 36.0 Å². The van der Waals surface area contributed by atoms with Crippen LogP contribution in [-0.4, -0.2) is 38.0 Å². The van der Waals surface area contributed by atoms with Gasteiger partial charge in [0.05, 0.1) is 6.61 Å². The summed E-state index contributed by atoms with van der Waals surface area (Å²) < 4.78 is 4.76. The van der Waals surface area contributed by atoms with Crippen LogP contribution in [0.2, 0.25) is 0 Å². The molecule has 0 unspecified atom stereocenters. The van der Waals surface area contributed by atoms with Crippen LogP contribution in [0.1, 0.15) is 12.5 Å². The van der Waals surface area contributed by atoms with Crippen LogP contribution < -0.4 is 21.5 Å². The van der Waals surface area contributed by atoms with Gasteiger partial charge in [0, 0.05) is 31.1 Å². The van der Waals surface area contributed by atoms with Crippen LogP contribution >= 0.6 is 0 Å². The molecule has 8 nitrogen and oxygen atoms in total. The number of allylic oxidation sites excluding steroid dienone is 1. The Bertz CT molecular complexity index is 628. The highest BCUT2D eigenvalue weighted by Gasteiger charge is 2.12. The molecule has 130 valence electrons. The molecule has 0 atom stereocenters. The maximum Gasteiger partial charge on any atom is 0.327 e. The monoisotopic (exact) mass is 334 g/mol. The number of carbonyl (C=O) groups excluding carboxylic acids is 3. The van der Waals surface area contributed by atoms with E-state index in [1.54, 1.807) is 13.0 Å². The van der Waals surface area contributed by atoms with Crippen molar-refractivity contribution >= 4 is 23.4 Å². The lowest BCUT2D eigenvalue weighted by atomic mass is 10.2. The Hall–Kier alpha value is -2.87. The molecular weight excluding hydrogens is 312 g/mol. The van der Waals surface area contributed by atoms with E-state index in [0.717, 1.165) is 5.56 Å². The number of amides is 3. The number of hydrogen-bond acceptors (Lipinski definition) is 5. The van der Waals surface area contributed by atoms with Gasteiger partial charge in [-0.2, -0.15) is 0 Å². The average Bonchev–Trinajstić information content (AvgIpc) is 2.54. The minimum atomic E-state index is -0.863. The summed E-state index contributed by atoms with van der Waals surface area (Å²) in [6, 6.07) is 7.36. The normalized spacial score (nSPS) is 10.7. The van der Waals surface area contributed by atoms with Gasteiger partial charge in [-0.1, -0.05) is 18.2 Å². The highest BCUT2D eigenvalue weighted by molar-refractivity contribution is 6.34. The molecule has 1 rings (SSSR count). The maximum atomic E-state index is 11.9. The third-order valence-electron chi connectivity index (χ3n) is 2.92. The lowest BCUT2D eigenvalue weighted by Gasteiger charge is -2.10. The molecule has 0 aromatic heterocycles. The first-order valence-electron chi connectivity index (χ1n) is 7.32. The quantitative estimate of drug-likeness (QED) is 0.247. The largest absolute Gasteiger partial charge is 0.383 e. The predicted molar refractivity (Wildman–Crippen MR) is 89.7 cm³/mol. The lowest BCUT2D eigenvalue weighted by Crippen LogP contribution is -2.46. The molecule has 24 heavy (non-hydrogen) atoms. The molecule has 0 spiro atoms. The van der Waals surface area contributed by atoms with E-state index in [1.807, 2.05) is 25.1 Å². The molecule has 0 aliphatic carbocycles. The van der Waals surface area contributed by atoms with Crippen molar-refractivity contribution in [3.63, 3.8) is 0 Å². The summed E-state index contributed by atoms with van der Waals surface area (Å²) in [4.78, 5) is 34.8. The number of anilines is 1. The van der Waals surface area contributed by atoms with Crippen LogP contribution in [-0.2, 0) is 19.1 Å². The number of nitrogens with one attached hydrogen (secondary N) is 4. The summed E-state index contributed by atoms with van der Waals surface area (Å²) in [5.74, 6) is -2.01. The molecule has 0 fully saturated rings. The molecule has 0 bridgehead atoms. The number of aryl methyl sites for hydroxylation is 1. The van der Waals surface area contributed by atoms with Gasteiger partial charge in [-0.05, 0) is 25.5 Å². The number of hydrazine groups is 1. The van der Waals surface area contributed by atoms with Crippen molar-refractivity contribution in [2.75, 3.05) is 25.6 Å². The van der Waals surface area contributed by atoms with E-state index in [4.69, 9.17) is 4.74 Å². The summed E-state index contributed by atoms with van der Waals surface area (Å²) in [5.41, 5.74) is 6.71. The second-order valence-corrected chi connectivity index (χ2v) is 4.96. The van der Waals surface area contributed by atoms with E-state index in [1.165, 1.54) is 13.2 Å². The lowest BCUT2D eigenvalue weighted by molar-refractivity contribution is -0.139. The highest BCUT2D eigenvalue weighted by Crippen LogP contribution is 2.12. The van der Waals surface area contributed by atoms with Gasteiger partial charge in [-0.3, -0.25) is 19.8 Å². The molecule has 0 radical (unpaired) electrons. The third kappa shape index (κ3) is 6.93. The van der Waals surface area contributed by atoms with E-state index < -0.39 is 11.8 Å². The Balaban J connectivity index is 2.43. The number of para-hydroxylation sites is 1. The molecule has 0 aliphatic heterocycles. The van der Waals surface area contributed by atoms with E-state index in [9.17, 15) is 14.4 Å². The molecule has 1 aromatic carbocycles. The molecule has 0 aliphatic rings. The molecule has 1 aromatic rings. The summed E-state index contributed by atoms with van der Waals surface area (Å²) in [7, 11) is 1.49. The van der Waals surface area contributed by atoms with Crippen LogP contribution in [0.4, 0.5) is 5.69 Å². The molecule has 3 amide bonds. The summed E-state index contributed by atoms with van der Waals surface area (Å²) in [6.07, 6.45) is 1.27. The van der Waals surface area contributed by atoms with Gasteiger partial charge in [0.2, 0.25) is 5.91 Å². The zero-order chi connectivity index (χ0) is 17.9. The Morgan fingerprint density at radius 2 is 1.83 bits per heavy atom. The zero-order valence-corrected chi connectivity index (χ0v) is 13.9. The van der Waals surface area contributed by atoms with Crippen molar-refractivity contribution in [3.05, 3.63) is 41.6 Å². The zero-order valence-electron chi connectivity index (χ0n) is 13.9. The summed E-state index contributed by atoms with van der Waals surface area (Å²) in [5, 5.41) is 5.10. The van der Waals surface area contributed by atoms with E-state index >= 15 is 0 Å². The van der Waals surface area contributed by atoms with E-state index in [0.29, 0.717) is 18.0 Å². The van der Waals surface area contributed by atoms with Gasteiger partial charge < -0.3 is 20.8 Å². The Kier molecular flexibility index (Phi) is 8.00. The van der Waals surface area contributed by atoms with Gasteiger partial charge in [-0.15, -0.1) is 0 Å². The predicted octanol–water partition coefficient (Wildman–Crippen LogP) is 0.221. The molecule has 0 heterocycles. The van der Waals surface area contributed by atoms with Crippen molar-refractivity contribution in [1.82, 2.24) is 16.2 Å². The fourth-order valence-electron chi connectivity index (χ4n) is 1.67. The minimum absolute atomic E-state index is 0.233. The molecule has 4 N–H and O–H groups in total. The molecule has 0 saturated heterocycles. The van der Waals surface area contributed by atoms with Crippen LogP contribution in [0, 0.1) is 6.92 Å². The standard InChI is InChI=1S/C16H22N4O4/c1-11-6-4-5-7-13(11)18-14(21)10-12(2)19-20-16(23)15(22)17-8-9-24-3/h4-7,10,19H,8-9H2,1-3H3,(H,17,22)(H,18,21)(H,20,23). The molecule has 0 saturated carbocycles. The van der Waals surface area contributed by atoms with E-state index in [-0.39, 0.29) is 12.5 Å². The number of ether oxygens (including phenoxy) is 1. The van der Waals surface area contributed by atoms with Gasteiger partial charge in [0.15, 0.2) is 0 Å². The SMILES string of the molecule is COCCNC(=O)C(=O)NNC(C)=CC(=O)Nc1ccccc1C. The van der Waals surface area contributed by atoms with Crippen LogP contribution in [0.3, 0.4) is 0 Å². The van der Waals surface area contributed by atoms with Gasteiger partial charge in [0.25, 0.3) is 0 Å². The first-order valence-corrected chi connectivity index (χ1v) is 7.32. The van der Waals surface area contributed by atoms with Crippen molar-refractivity contribution in [2.45, 2.75) is 13.8 Å². The Labute approximate surface area is 140 Å². The Morgan fingerprint density at radius 1 is 1.12 bits per heavy atom. The van der Waals surface area contributed by atoms with Gasteiger partial charge >= 0.3 is 11.8 Å². The van der Waals surface area contributed by atoms with Crippen LogP contribution in [0.25, 0.3) is 0 Å². The average molecular weight is 334 g/mol. The fraction of sp³-hybridized carbons (Fsp3) is 0.312. The smallest absolute Gasteiger partial charge is 0.327 e. The maximum absolute atomic E-state index is 11.9. The summed E-state index contributed by atoms with van der Waals surface area (Å²) >= 11 is 0. The van der Waals surface area contributed by atoms with E-state index in [2.05, 4.69) is 21.5 Å². The van der Waals surface area contributed by atoms with Crippen molar-refractivity contribution in [2.24, 2.45) is 0 Å². The number of methoxy groups -OCH3 is 1. The number of rotatable bonds is 7.